The molecule has 0 aromatic heterocycles. The van der Waals surface area contributed by atoms with Crippen LogP contribution >= 0.6 is 0 Å². The predicted molar refractivity (Wildman–Crippen MR) is 120 cm³/mol. The van der Waals surface area contributed by atoms with E-state index in [0.29, 0.717) is 0 Å². The van der Waals surface area contributed by atoms with Crippen LogP contribution in [0.4, 0.5) is 11.4 Å². The summed E-state index contributed by atoms with van der Waals surface area (Å²) < 4.78 is 5.24. The summed E-state index contributed by atoms with van der Waals surface area (Å²) in [6.45, 7) is 9.87. The summed E-state index contributed by atoms with van der Waals surface area (Å²) in [4.78, 5) is 19.0. The van der Waals surface area contributed by atoms with E-state index in [4.69, 9.17) is 4.74 Å². The third kappa shape index (κ3) is 5.73. The fourth-order valence-electron chi connectivity index (χ4n) is 3.94. The molecule has 1 saturated heterocycles. The molecule has 5 heteroatoms. The first-order chi connectivity index (χ1) is 14.1. The number of carbonyl (C=O) groups excluding carboxylic acids is 1. The number of unbranched alkanes of at least 4 members (excludes halogenated alkanes) is 1. The zero-order chi connectivity index (χ0) is 20.6. The summed E-state index contributed by atoms with van der Waals surface area (Å²) in [5.41, 5.74) is 3.45. The second kappa shape index (κ2) is 10.3. The third-order valence-corrected chi connectivity index (χ3v) is 5.70. The summed E-state index contributed by atoms with van der Waals surface area (Å²) in [6, 6.07) is 16.4. The van der Waals surface area contributed by atoms with Crippen molar-refractivity contribution in [1.82, 2.24) is 4.90 Å². The Morgan fingerprint density at radius 2 is 1.69 bits per heavy atom. The van der Waals surface area contributed by atoms with Crippen LogP contribution < -0.4 is 14.5 Å². The topological polar surface area (TPSA) is 36.0 Å². The van der Waals surface area contributed by atoms with Gasteiger partial charge in [-0.15, -0.1) is 0 Å². The number of nitrogens with zero attached hydrogens (tertiary/aromatic N) is 3. The Labute approximate surface area is 174 Å². The van der Waals surface area contributed by atoms with Crippen molar-refractivity contribution >= 4 is 17.3 Å². The molecule has 1 aliphatic heterocycles. The number of amides is 1. The van der Waals surface area contributed by atoms with Crippen molar-refractivity contribution in [3.05, 3.63) is 54.1 Å². The van der Waals surface area contributed by atoms with Crippen LogP contribution in [0.2, 0.25) is 0 Å². The van der Waals surface area contributed by atoms with E-state index in [0.717, 1.165) is 69.1 Å². The van der Waals surface area contributed by atoms with Gasteiger partial charge in [-0.05, 0) is 62.2 Å². The van der Waals surface area contributed by atoms with Crippen LogP contribution in [-0.4, -0.2) is 57.2 Å². The Bertz CT molecular complexity index is 783. The average Bonchev–Trinajstić information content (AvgIpc) is 2.75. The molecule has 2 aromatic rings. The molecule has 1 aliphatic rings. The second-order valence-electron chi connectivity index (χ2n) is 7.69. The van der Waals surface area contributed by atoms with Gasteiger partial charge in [-0.2, -0.15) is 0 Å². The minimum Gasteiger partial charge on any atom is -0.497 e. The molecule has 0 atom stereocenters. The van der Waals surface area contributed by atoms with Gasteiger partial charge in [-0.1, -0.05) is 18.2 Å². The molecule has 0 radical (unpaired) electrons. The summed E-state index contributed by atoms with van der Waals surface area (Å²) in [5, 5.41) is 0. The molecule has 1 amide bonds. The molecule has 0 aliphatic carbocycles. The molecule has 1 fully saturated rings. The van der Waals surface area contributed by atoms with Crippen LogP contribution in [0.5, 0.6) is 5.75 Å². The van der Waals surface area contributed by atoms with Crippen molar-refractivity contribution in [3.63, 3.8) is 0 Å². The predicted octanol–water partition coefficient (Wildman–Crippen LogP) is 3.96. The minimum atomic E-state index is 0.118. The zero-order valence-corrected chi connectivity index (χ0v) is 17.9. The van der Waals surface area contributed by atoms with Crippen molar-refractivity contribution in [2.45, 2.75) is 26.7 Å². The lowest BCUT2D eigenvalue weighted by Crippen LogP contribution is -2.46. The first-order valence-corrected chi connectivity index (χ1v) is 10.5. The highest BCUT2D eigenvalue weighted by Crippen LogP contribution is 2.22. The maximum atomic E-state index is 12.1. The first-order valence-electron chi connectivity index (χ1n) is 10.5. The van der Waals surface area contributed by atoms with Gasteiger partial charge < -0.3 is 14.5 Å². The number of ether oxygens (including phenoxy) is 1. The molecule has 0 spiro atoms. The maximum Gasteiger partial charge on any atom is 0.223 e. The van der Waals surface area contributed by atoms with Gasteiger partial charge in [0.25, 0.3) is 0 Å². The molecule has 156 valence electrons. The van der Waals surface area contributed by atoms with Gasteiger partial charge in [-0.25, -0.2) is 0 Å². The number of methoxy groups -OCH3 is 1. The standard InChI is InChI=1S/C24H33N3O2/c1-20-8-4-5-9-24(20)27(21(2)28)15-7-6-14-25-16-18-26(19-17-25)22-10-12-23(29-3)13-11-22/h4-5,8-13H,6-7,14-19H2,1-3H3. The second-order valence-corrected chi connectivity index (χ2v) is 7.69. The van der Waals surface area contributed by atoms with Crippen LogP contribution in [-0.2, 0) is 4.79 Å². The number of para-hydroxylation sites is 1. The van der Waals surface area contributed by atoms with Crippen molar-refractivity contribution in [1.29, 1.82) is 0 Å². The SMILES string of the molecule is COc1ccc(N2CCN(CCCCN(C(C)=O)c3ccccc3C)CC2)cc1. The molecule has 0 saturated carbocycles. The largest absolute Gasteiger partial charge is 0.497 e. The number of aryl methyl sites for hydroxylation is 1. The Morgan fingerprint density at radius 1 is 1.00 bits per heavy atom. The van der Waals surface area contributed by atoms with Crippen molar-refractivity contribution < 1.29 is 9.53 Å². The number of rotatable bonds is 8. The number of hydrogen-bond donors (Lipinski definition) is 0. The number of carbonyl (C=O) groups is 1. The van der Waals surface area contributed by atoms with E-state index in [1.165, 1.54) is 5.69 Å². The van der Waals surface area contributed by atoms with E-state index in [1.54, 1.807) is 14.0 Å². The fraction of sp³-hybridized carbons (Fsp3) is 0.458. The van der Waals surface area contributed by atoms with E-state index in [2.05, 4.69) is 34.9 Å². The Kier molecular flexibility index (Phi) is 7.53. The van der Waals surface area contributed by atoms with E-state index in [9.17, 15) is 4.79 Å². The summed E-state index contributed by atoms with van der Waals surface area (Å²) in [5.74, 6) is 1.02. The zero-order valence-electron chi connectivity index (χ0n) is 17.9. The Hall–Kier alpha value is -2.53. The highest BCUT2D eigenvalue weighted by molar-refractivity contribution is 5.92. The fourth-order valence-corrected chi connectivity index (χ4v) is 3.94. The van der Waals surface area contributed by atoms with Gasteiger partial charge in [0, 0.05) is 51.0 Å². The normalized spacial score (nSPS) is 14.7. The molecule has 0 N–H and O–H groups in total. The molecule has 3 rings (SSSR count). The van der Waals surface area contributed by atoms with Crippen molar-refractivity contribution in [3.8, 4) is 5.75 Å². The van der Waals surface area contributed by atoms with E-state index < -0.39 is 0 Å². The highest BCUT2D eigenvalue weighted by atomic mass is 16.5. The highest BCUT2D eigenvalue weighted by Gasteiger charge is 2.17. The van der Waals surface area contributed by atoms with Crippen LogP contribution in [0.25, 0.3) is 0 Å². The molecular weight excluding hydrogens is 362 g/mol. The number of anilines is 2. The molecule has 5 nitrogen and oxygen atoms in total. The van der Waals surface area contributed by atoms with E-state index in [1.807, 2.05) is 35.2 Å². The number of piperazine rings is 1. The van der Waals surface area contributed by atoms with Gasteiger partial charge in [0.1, 0.15) is 5.75 Å². The van der Waals surface area contributed by atoms with Gasteiger partial charge in [0.2, 0.25) is 5.91 Å². The maximum absolute atomic E-state index is 12.1. The van der Waals surface area contributed by atoms with E-state index >= 15 is 0 Å². The summed E-state index contributed by atoms with van der Waals surface area (Å²) >= 11 is 0. The van der Waals surface area contributed by atoms with Crippen molar-refractivity contribution in [2.75, 3.05) is 56.2 Å². The lowest BCUT2D eigenvalue weighted by atomic mass is 10.1. The van der Waals surface area contributed by atoms with Gasteiger partial charge in [0.15, 0.2) is 0 Å². The lowest BCUT2D eigenvalue weighted by molar-refractivity contribution is -0.116. The number of benzene rings is 2. The van der Waals surface area contributed by atoms with Crippen LogP contribution in [0.1, 0.15) is 25.3 Å². The molecule has 0 unspecified atom stereocenters. The quantitative estimate of drug-likeness (QED) is 0.634. The summed E-state index contributed by atoms with van der Waals surface area (Å²) in [7, 11) is 1.70. The lowest BCUT2D eigenvalue weighted by Gasteiger charge is -2.36. The molecular formula is C24H33N3O2. The Morgan fingerprint density at radius 3 is 2.31 bits per heavy atom. The average molecular weight is 396 g/mol. The molecule has 0 bridgehead atoms. The number of hydrogen-bond acceptors (Lipinski definition) is 4. The van der Waals surface area contributed by atoms with Crippen LogP contribution in [0.3, 0.4) is 0 Å². The van der Waals surface area contributed by atoms with Gasteiger partial charge in [0.05, 0.1) is 7.11 Å². The van der Waals surface area contributed by atoms with Crippen LogP contribution in [0.15, 0.2) is 48.5 Å². The molecule has 29 heavy (non-hydrogen) atoms. The third-order valence-electron chi connectivity index (χ3n) is 5.70. The first kappa shape index (κ1) is 21.2. The van der Waals surface area contributed by atoms with Crippen molar-refractivity contribution in [2.24, 2.45) is 0 Å². The smallest absolute Gasteiger partial charge is 0.223 e. The Balaban J connectivity index is 1.41. The van der Waals surface area contributed by atoms with Gasteiger partial charge >= 0.3 is 0 Å². The van der Waals surface area contributed by atoms with Crippen LogP contribution in [0, 0.1) is 6.92 Å². The van der Waals surface area contributed by atoms with Gasteiger partial charge in [-0.3, -0.25) is 9.69 Å². The minimum absolute atomic E-state index is 0.118. The molecule has 2 aromatic carbocycles. The summed E-state index contributed by atoms with van der Waals surface area (Å²) in [6.07, 6.45) is 2.13. The monoisotopic (exact) mass is 395 g/mol. The molecule has 1 heterocycles. The van der Waals surface area contributed by atoms with E-state index in [-0.39, 0.29) is 5.91 Å².